The molecule has 2 aromatic rings. The quantitative estimate of drug-likeness (QED) is 0.309. The number of nitrogens with zero attached hydrogens (tertiary/aromatic N) is 8. The van der Waals surface area contributed by atoms with E-state index in [9.17, 15) is 18.4 Å². The maximum absolute atomic E-state index is 14.6. The Morgan fingerprint density at radius 1 is 0.827 bits per heavy atom. The Morgan fingerprint density at radius 3 is 1.58 bits per heavy atom. The second-order valence-electron chi connectivity index (χ2n) is 11.8. The van der Waals surface area contributed by atoms with Gasteiger partial charge in [0.15, 0.2) is 0 Å². The van der Waals surface area contributed by atoms with Crippen LogP contribution in [0, 0.1) is 24.8 Å². The lowest BCUT2D eigenvalue weighted by molar-refractivity contribution is 0.142. The molecule has 2 atom stereocenters. The van der Waals surface area contributed by atoms with Crippen LogP contribution < -0.4 is 30.7 Å². The Labute approximate surface area is 314 Å². The van der Waals surface area contributed by atoms with Gasteiger partial charge in [0.2, 0.25) is 0 Å². The van der Waals surface area contributed by atoms with E-state index >= 15 is 0 Å². The Morgan fingerprint density at radius 2 is 1.23 bits per heavy atom. The zero-order chi connectivity index (χ0) is 37.1. The summed E-state index contributed by atoms with van der Waals surface area (Å²) in [6.07, 6.45) is -1.67. The van der Waals surface area contributed by atoms with Crippen molar-refractivity contribution in [2.45, 2.75) is 26.6 Å². The highest BCUT2D eigenvalue weighted by Gasteiger charge is 2.34. The maximum Gasteiger partial charge on any atom is 0.414 e. The molecule has 4 saturated heterocycles. The highest BCUT2D eigenvalue weighted by Crippen LogP contribution is 2.30. The lowest BCUT2D eigenvalue weighted by Crippen LogP contribution is -2.43. The van der Waals surface area contributed by atoms with E-state index in [1.165, 1.54) is 21.9 Å². The first-order chi connectivity index (χ1) is 24.6. The van der Waals surface area contributed by atoms with Crippen LogP contribution in [-0.4, -0.2) is 124 Å². The lowest BCUT2D eigenvalue weighted by atomic mass is 10.2. The second kappa shape index (κ2) is 19.5. The highest BCUT2D eigenvalue weighted by molar-refractivity contribution is 7.80. The number of nitrogens with two attached hydrogens (primary N) is 1. The summed E-state index contributed by atoms with van der Waals surface area (Å²) in [7, 11) is 0. The van der Waals surface area contributed by atoms with E-state index in [0.717, 1.165) is 0 Å². The van der Waals surface area contributed by atoms with E-state index in [1.807, 2.05) is 9.80 Å². The molecule has 18 heteroatoms. The van der Waals surface area contributed by atoms with Crippen molar-refractivity contribution in [1.82, 2.24) is 15.3 Å². The molecular weight excluding hydrogens is 715 g/mol. The fourth-order valence-electron chi connectivity index (χ4n) is 5.87. The first-order valence-electron chi connectivity index (χ1n) is 16.1. The maximum atomic E-state index is 14.6. The van der Waals surface area contributed by atoms with E-state index in [0.29, 0.717) is 99.7 Å². The number of thiocarbonyl (C=S) groups is 2. The normalized spacial score (nSPS) is 19.5. The summed E-state index contributed by atoms with van der Waals surface area (Å²) in [5, 5.41) is 6.25. The predicted molar refractivity (Wildman–Crippen MR) is 206 cm³/mol. The molecule has 0 spiro atoms. The van der Waals surface area contributed by atoms with Crippen LogP contribution >= 0.6 is 24.4 Å². The number of nitrogens with one attached hydrogen (secondary N) is 1. The van der Waals surface area contributed by atoms with Crippen LogP contribution in [0.2, 0.25) is 0 Å². The van der Waals surface area contributed by atoms with E-state index in [-0.39, 0.29) is 37.8 Å². The molecule has 2 amide bonds. The summed E-state index contributed by atoms with van der Waals surface area (Å²) in [5.41, 5.74) is 7.41. The molecule has 0 bridgehead atoms. The fourth-order valence-corrected chi connectivity index (χ4v) is 5.95. The molecule has 0 aliphatic carbocycles. The molecule has 6 rings (SSSR count). The largest absolute Gasteiger partial charge is 0.443 e. The number of halogens is 2. The number of amides is 2. The fraction of sp³-hybridized carbons (Fsp3) is 0.471. The van der Waals surface area contributed by atoms with E-state index in [1.54, 1.807) is 41.2 Å². The Kier molecular flexibility index (Phi) is 15.5. The Bertz CT molecular complexity index is 1640. The number of piperazine rings is 2. The molecule has 3 N–H and O–H groups in total. The van der Waals surface area contributed by atoms with Crippen LogP contribution in [0.1, 0.15) is 14.4 Å². The van der Waals surface area contributed by atoms with Crippen molar-refractivity contribution < 1.29 is 27.8 Å². The Balaban J connectivity index is 0.000000264. The zero-order valence-electron chi connectivity index (χ0n) is 28.2. The van der Waals surface area contributed by atoms with Gasteiger partial charge in [-0.1, -0.05) is 31.9 Å². The molecule has 280 valence electrons. The molecule has 0 saturated carbocycles. The molecule has 52 heavy (non-hydrogen) atoms. The minimum atomic E-state index is -0.502. The van der Waals surface area contributed by atoms with Gasteiger partial charge in [0.05, 0.1) is 47.4 Å². The van der Waals surface area contributed by atoms with Crippen molar-refractivity contribution in [1.29, 1.82) is 0 Å². The van der Waals surface area contributed by atoms with Crippen molar-refractivity contribution in [3.8, 4) is 0 Å². The molecule has 4 aliphatic rings. The lowest BCUT2D eigenvalue weighted by Gasteiger charge is -2.31. The molecule has 0 unspecified atom stereocenters. The third kappa shape index (κ3) is 10.3. The minimum Gasteiger partial charge on any atom is -0.443 e. The van der Waals surface area contributed by atoms with Gasteiger partial charge in [-0.2, -0.15) is 23.1 Å². The molecule has 2 aromatic carbocycles. The number of hydrogen-bond acceptors (Lipinski definition) is 11. The number of anilines is 4. The van der Waals surface area contributed by atoms with E-state index in [2.05, 4.69) is 33.3 Å². The number of carbonyl (C=O) groups excluding carboxylic acids is 2. The van der Waals surface area contributed by atoms with Gasteiger partial charge in [-0.05, 0) is 49.2 Å². The van der Waals surface area contributed by atoms with Crippen molar-refractivity contribution in [2.24, 2.45) is 5.73 Å². The molecule has 4 aliphatic heterocycles. The molecular formula is C34H44F2N10O4S2. The van der Waals surface area contributed by atoms with Gasteiger partial charge in [-0.25, -0.2) is 18.4 Å². The van der Waals surface area contributed by atoms with Crippen molar-refractivity contribution in [2.75, 3.05) is 98.1 Å². The SMILES string of the molecule is C.C=S.[C-]#[N+]N1CCN(c2ccc(N3C[C@H](CN)OC3=O)cc2F)CC1.[C-]#[N+]N1CCN(c2ccc(N3C[C@H](CNC(C)=S)OC3=O)cc2F)CC1. The van der Waals surface area contributed by atoms with Gasteiger partial charge in [-0.15, -0.1) is 10.0 Å². The van der Waals surface area contributed by atoms with Crippen LogP contribution in [0.3, 0.4) is 0 Å². The van der Waals surface area contributed by atoms with Gasteiger partial charge in [-0.3, -0.25) is 9.80 Å². The molecule has 4 heterocycles. The number of cyclic esters (lactones) is 2. The van der Waals surface area contributed by atoms with E-state index < -0.39 is 12.2 Å². The number of benzene rings is 2. The van der Waals surface area contributed by atoms with Crippen molar-refractivity contribution >= 4 is 70.2 Å². The van der Waals surface area contributed by atoms with Crippen LogP contribution in [0.15, 0.2) is 36.4 Å². The van der Waals surface area contributed by atoms with E-state index in [4.69, 9.17) is 40.6 Å². The first kappa shape index (κ1) is 41.4. The molecule has 0 radical (unpaired) electrons. The van der Waals surface area contributed by atoms with Crippen molar-refractivity contribution in [3.05, 3.63) is 71.1 Å². The second-order valence-corrected chi connectivity index (χ2v) is 12.4. The summed E-state index contributed by atoms with van der Waals surface area (Å²) < 4.78 is 39.4. The highest BCUT2D eigenvalue weighted by atomic mass is 32.1. The monoisotopic (exact) mass is 758 g/mol. The third-order valence-corrected chi connectivity index (χ3v) is 8.70. The van der Waals surface area contributed by atoms with Crippen LogP contribution in [0.5, 0.6) is 0 Å². The minimum absolute atomic E-state index is 0. The number of ether oxygens (including phenoxy) is 2. The van der Waals surface area contributed by atoms with Gasteiger partial charge in [0.25, 0.3) is 0 Å². The third-order valence-electron chi connectivity index (χ3n) is 8.55. The average Bonchev–Trinajstić information content (AvgIpc) is 3.73. The standard InChI is InChI=1S/C17H20FN5O2S.C15H18FN5O2.CH2S.CH4/c1-12(26)20-10-14-11-23(17(24)25-14)13-3-4-16(15(18)9-13)21-5-7-22(19-2)8-6-21;1-18-20-6-4-19(5-7-20)14-3-2-11(8-13(14)16)21-10-12(9-17)23-15(21)22;1-2;/h3-4,9,14H,5-8,10-11H2,1H3,(H,20,26);2-3,8,12H,4-7,9-10,17H2;1H2;1H4/t14-;12-;;/m00../s1. The average molecular weight is 759 g/mol. The Hall–Kier alpha value is -5.04. The van der Waals surface area contributed by atoms with Gasteiger partial charge >= 0.3 is 12.2 Å². The summed E-state index contributed by atoms with van der Waals surface area (Å²) in [4.78, 5) is 37.9. The summed E-state index contributed by atoms with van der Waals surface area (Å²) in [6.45, 7) is 21.8. The number of rotatable bonds is 7. The number of carbonyl (C=O) groups is 2. The van der Waals surface area contributed by atoms with Gasteiger partial charge in [0, 0.05) is 32.7 Å². The van der Waals surface area contributed by atoms with Gasteiger partial charge in [0.1, 0.15) is 50.0 Å². The van der Waals surface area contributed by atoms with Crippen LogP contribution in [-0.2, 0) is 9.47 Å². The first-order valence-corrected chi connectivity index (χ1v) is 17.1. The molecule has 14 nitrogen and oxygen atoms in total. The van der Waals surface area contributed by atoms with Crippen LogP contribution in [0.25, 0.3) is 9.91 Å². The smallest absolute Gasteiger partial charge is 0.414 e. The zero-order valence-corrected chi connectivity index (χ0v) is 29.8. The molecule has 0 aromatic heterocycles. The summed E-state index contributed by atoms with van der Waals surface area (Å²) in [6, 6.07) is 9.48. The van der Waals surface area contributed by atoms with Crippen molar-refractivity contribution in [3.63, 3.8) is 0 Å². The number of hydrogen-bond donors (Lipinski definition) is 2. The predicted octanol–water partition coefficient (Wildman–Crippen LogP) is 4.36. The summed E-state index contributed by atoms with van der Waals surface area (Å²) in [5.74, 6) is 2.06. The topological polar surface area (TPSA) is 119 Å². The van der Waals surface area contributed by atoms with Crippen LogP contribution in [0.4, 0.5) is 41.1 Å². The summed E-state index contributed by atoms with van der Waals surface area (Å²) >= 11 is 8.79. The van der Waals surface area contributed by atoms with Gasteiger partial charge < -0.3 is 30.3 Å². The molecule has 4 fully saturated rings.